The number of hydrogen-bond donors (Lipinski definition) is 4. The van der Waals surface area contributed by atoms with Crippen LogP contribution in [0.15, 0.2) is 72.8 Å². The Labute approximate surface area is 276 Å². The van der Waals surface area contributed by atoms with Crippen LogP contribution in [0.3, 0.4) is 0 Å². The Kier molecular flexibility index (Phi) is 11.5. The van der Waals surface area contributed by atoms with Gasteiger partial charge in [0.05, 0.1) is 11.3 Å². The zero-order valence-electron chi connectivity index (χ0n) is 27.7. The van der Waals surface area contributed by atoms with Gasteiger partial charge in [-0.05, 0) is 69.7 Å². The number of piperazine rings is 1. The van der Waals surface area contributed by atoms with Crippen molar-refractivity contribution < 1.29 is 29.0 Å². The number of nitrogens with one attached hydrogen (secondary N) is 2. The molecule has 3 aromatic carbocycles. The maximum Gasteiger partial charge on any atom is 0.316 e. The van der Waals surface area contributed by atoms with Gasteiger partial charge in [-0.3, -0.25) is 19.2 Å². The van der Waals surface area contributed by atoms with Gasteiger partial charge in [0.15, 0.2) is 12.4 Å². The molecule has 0 saturated carbocycles. The van der Waals surface area contributed by atoms with Crippen LogP contribution in [0.4, 0.5) is 5.69 Å². The van der Waals surface area contributed by atoms with Crippen molar-refractivity contribution in [3.8, 4) is 5.75 Å². The summed E-state index contributed by atoms with van der Waals surface area (Å²) in [6, 6.07) is 21.4. The molecule has 1 saturated heterocycles. The number of nitrogens with two attached hydrogens (primary N) is 1. The zero-order valence-corrected chi connectivity index (χ0v) is 27.7. The molecule has 3 aromatic rings. The van der Waals surface area contributed by atoms with Crippen molar-refractivity contribution >= 4 is 29.2 Å². The van der Waals surface area contributed by atoms with Crippen LogP contribution in [0.25, 0.3) is 0 Å². The molecule has 1 aliphatic heterocycles. The van der Waals surface area contributed by atoms with Crippen LogP contribution in [-0.2, 0) is 31.1 Å². The topological polar surface area (TPSA) is 151 Å². The second kappa shape index (κ2) is 15.4. The molecule has 0 spiro atoms. The normalized spacial score (nSPS) is 15.4. The van der Waals surface area contributed by atoms with E-state index in [-0.39, 0.29) is 0 Å². The Morgan fingerprint density at radius 3 is 2.30 bits per heavy atom. The van der Waals surface area contributed by atoms with Crippen molar-refractivity contribution in [2.75, 3.05) is 24.6 Å². The lowest BCUT2D eigenvalue weighted by atomic mass is 9.76. The predicted molar refractivity (Wildman–Crippen MR) is 181 cm³/mol. The highest BCUT2D eigenvalue weighted by Crippen LogP contribution is 2.33. The van der Waals surface area contributed by atoms with E-state index in [9.17, 15) is 24.3 Å². The number of rotatable bonds is 15. The first-order chi connectivity index (χ1) is 22.3. The number of aliphatic hydroxyl groups is 1. The second-order valence-electron chi connectivity index (χ2n) is 12.8. The van der Waals surface area contributed by atoms with Gasteiger partial charge in [0.1, 0.15) is 17.3 Å². The van der Waals surface area contributed by atoms with Crippen molar-refractivity contribution in [3.05, 3.63) is 95.1 Å². The Morgan fingerprint density at radius 1 is 0.979 bits per heavy atom. The van der Waals surface area contributed by atoms with Gasteiger partial charge < -0.3 is 31.1 Å². The first kappa shape index (κ1) is 35.3. The largest absolute Gasteiger partial charge is 0.483 e. The van der Waals surface area contributed by atoms with E-state index in [2.05, 4.69) is 22.8 Å². The average molecular weight is 643 g/mol. The molecule has 5 N–H and O–H groups in total. The molecule has 10 nitrogen and oxygen atoms in total. The van der Waals surface area contributed by atoms with Crippen LogP contribution in [0.2, 0.25) is 0 Å². The van der Waals surface area contributed by atoms with Gasteiger partial charge in [0, 0.05) is 18.7 Å². The molecule has 47 heavy (non-hydrogen) atoms. The van der Waals surface area contributed by atoms with Crippen LogP contribution in [0, 0.1) is 13.8 Å². The number of carbonyl (C=O) groups excluding carboxylic acids is 4. The minimum Gasteiger partial charge on any atom is -0.483 e. The fourth-order valence-corrected chi connectivity index (χ4v) is 6.00. The SMILES string of the molecule is Cc1ccc(N2CCNC(=O)C2=O)c(C)c1OCC(=O)N[C@H](C(=O)C(N)(CCCCCc1ccccc1)c1ccccc1)C(C)(C)O. The Morgan fingerprint density at radius 2 is 1.64 bits per heavy atom. The smallest absolute Gasteiger partial charge is 0.316 e. The molecule has 1 heterocycles. The minimum absolute atomic E-state index is 0.305. The van der Waals surface area contributed by atoms with Gasteiger partial charge in [-0.25, -0.2) is 0 Å². The number of anilines is 1. The number of unbranched alkanes of at least 4 members (excludes halogenated alkanes) is 2. The van der Waals surface area contributed by atoms with Crippen LogP contribution in [0.5, 0.6) is 5.75 Å². The number of aryl methyl sites for hydroxylation is 2. The van der Waals surface area contributed by atoms with Gasteiger partial charge in [0.2, 0.25) is 0 Å². The third-order valence-corrected chi connectivity index (χ3v) is 8.65. The van der Waals surface area contributed by atoms with Gasteiger partial charge in [-0.1, -0.05) is 79.6 Å². The van der Waals surface area contributed by atoms with Gasteiger partial charge in [0.25, 0.3) is 5.91 Å². The van der Waals surface area contributed by atoms with E-state index in [1.165, 1.54) is 24.3 Å². The predicted octanol–water partition coefficient (Wildman–Crippen LogP) is 3.63. The molecule has 4 rings (SSSR count). The zero-order chi connectivity index (χ0) is 34.2. The highest BCUT2D eigenvalue weighted by Gasteiger charge is 2.45. The third-order valence-electron chi connectivity index (χ3n) is 8.65. The molecule has 3 amide bonds. The summed E-state index contributed by atoms with van der Waals surface area (Å²) in [5.41, 5.74) is 7.53. The highest BCUT2D eigenvalue weighted by molar-refractivity contribution is 6.41. The van der Waals surface area contributed by atoms with E-state index in [0.29, 0.717) is 48.5 Å². The van der Waals surface area contributed by atoms with E-state index < -0.39 is 47.3 Å². The Hall–Kier alpha value is -4.54. The summed E-state index contributed by atoms with van der Waals surface area (Å²) >= 11 is 0. The number of ether oxygens (including phenoxy) is 1. The molecule has 0 aromatic heterocycles. The van der Waals surface area contributed by atoms with E-state index in [4.69, 9.17) is 10.5 Å². The van der Waals surface area contributed by atoms with Gasteiger partial charge >= 0.3 is 11.8 Å². The molecule has 250 valence electrons. The maximum absolute atomic E-state index is 14.3. The van der Waals surface area contributed by atoms with Gasteiger partial charge in [-0.2, -0.15) is 0 Å². The Balaban J connectivity index is 1.47. The van der Waals surface area contributed by atoms with Crippen molar-refractivity contribution in [3.63, 3.8) is 0 Å². The molecule has 1 fully saturated rings. The second-order valence-corrected chi connectivity index (χ2v) is 12.8. The van der Waals surface area contributed by atoms with Crippen LogP contribution in [0.1, 0.15) is 61.8 Å². The van der Waals surface area contributed by atoms with Crippen molar-refractivity contribution in [2.45, 2.75) is 77.0 Å². The minimum atomic E-state index is -1.64. The molecular weight excluding hydrogens is 596 g/mol. The van der Waals surface area contributed by atoms with Crippen molar-refractivity contribution in [1.29, 1.82) is 0 Å². The summed E-state index contributed by atoms with van der Waals surface area (Å²) in [6.07, 6.45) is 3.72. The summed E-state index contributed by atoms with van der Waals surface area (Å²) in [4.78, 5) is 53.4. The third kappa shape index (κ3) is 8.64. The number of nitrogens with zero attached hydrogens (tertiary/aromatic N) is 1. The van der Waals surface area contributed by atoms with Crippen LogP contribution >= 0.6 is 0 Å². The quantitative estimate of drug-likeness (QED) is 0.146. The lowest BCUT2D eigenvalue weighted by molar-refractivity contribution is -0.138. The van der Waals surface area contributed by atoms with Crippen molar-refractivity contribution in [2.24, 2.45) is 5.73 Å². The van der Waals surface area contributed by atoms with Crippen LogP contribution in [-0.4, -0.2) is 60.0 Å². The van der Waals surface area contributed by atoms with Gasteiger partial charge in [-0.15, -0.1) is 0 Å². The van der Waals surface area contributed by atoms with E-state index in [1.54, 1.807) is 38.1 Å². The number of hydrogen-bond acceptors (Lipinski definition) is 7. The standard InChI is InChI=1S/C37H46N4O6/c1-25-19-20-29(41-23-22-39-34(44)35(41)45)26(2)31(25)47-24-30(42)40-32(36(3,4)46)33(43)37(38,28-17-11-6-12-18-28)21-13-7-10-16-27-14-8-5-9-15-27/h5-6,8-9,11-12,14-15,17-20,32,46H,7,10,13,16,21-24,38H2,1-4H3,(H,39,44)(H,40,42)/t32-,37?/m1/s1. The first-order valence-corrected chi connectivity index (χ1v) is 16.1. The van der Waals surface area contributed by atoms with E-state index in [1.807, 2.05) is 36.4 Å². The summed E-state index contributed by atoms with van der Waals surface area (Å²) in [5.74, 6) is -2.09. The summed E-state index contributed by atoms with van der Waals surface area (Å²) in [5, 5.41) is 16.4. The van der Waals surface area contributed by atoms with Crippen molar-refractivity contribution in [1.82, 2.24) is 10.6 Å². The number of benzene rings is 3. The van der Waals surface area contributed by atoms with E-state index in [0.717, 1.165) is 24.8 Å². The monoisotopic (exact) mass is 642 g/mol. The summed E-state index contributed by atoms with van der Waals surface area (Å²) in [7, 11) is 0. The van der Waals surface area contributed by atoms with E-state index >= 15 is 0 Å². The maximum atomic E-state index is 14.3. The molecular formula is C37H46N4O6. The Bertz CT molecular complexity index is 1570. The lowest BCUT2D eigenvalue weighted by Gasteiger charge is -2.37. The number of ketones is 1. The molecule has 0 bridgehead atoms. The fraction of sp³-hybridized carbons (Fsp3) is 0.405. The molecule has 0 radical (unpaired) electrons. The van der Waals surface area contributed by atoms with Crippen LogP contribution < -0.4 is 26.0 Å². The number of carbonyl (C=O) groups is 4. The molecule has 0 aliphatic carbocycles. The number of amides is 3. The molecule has 1 aliphatic rings. The first-order valence-electron chi connectivity index (χ1n) is 16.1. The highest BCUT2D eigenvalue weighted by atomic mass is 16.5. The lowest BCUT2D eigenvalue weighted by Crippen LogP contribution is -2.62. The fourth-order valence-electron chi connectivity index (χ4n) is 6.00. The molecule has 2 atom stereocenters. The average Bonchev–Trinajstić information content (AvgIpc) is 3.05. The summed E-state index contributed by atoms with van der Waals surface area (Å²) in [6.45, 7) is 6.65. The molecule has 1 unspecified atom stereocenters. The summed E-state index contributed by atoms with van der Waals surface area (Å²) < 4.78 is 5.94. The number of Topliss-reactive ketones (excluding diaryl/α,β-unsaturated/α-hetero) is 1. The molecule has 10 heteroatoms.